The summed E-state index contributed by atoms with van der Waals surface area (Å²) < 4.78 is 38.8. The number of ether oxygens (including phenoxy) is 2. The molecule has 0 saturated carbocycles. The lowest BCUT2D eigenvalue weighted by Crippen LogP contribution is -2.39. The molecule has 36 heavy (non-hydrogen) atoms. The van der Waals surface area contributed by atoms with Crippen LogP contribution in [-0.4, -0.2) is 51.4 Å². The Hall–Kier alpha value is -3.69. The Kier molecular flexibility index (Phi) is 9.21. The minimum Gasteiger partial charge on any atom is -0.495 e. The van der Waals surface area contributed by atoms with Crippen LogP contribution in [-0.2, 0) is 26.0 Å². The average molecular weight is 511 g/mol. The van der Waals surface area contributed by atoms with Gasteiger partial charge in [-0.1, -0.05) is 36.4 Å². The molecular weight excluding hydrogens is 480 g/mol. The zero-order valence-corrected chi connectivity index (χ0v) is 21.4. The summed E-state index contributed by atoms with van der Waals surface area (Å²) in [5.41, 5.74) is 2.49. The van der Waals surface area contributed by atoms with Crippen molar-refractivity contribution in [2.75, 3.05) is 32.1 Å². The Balaban J connectivity index is 1.82. The Morgan fingerprint density at radius 2 is 1.67 bits per heavy atom. The molecule has 3 aromatic rings. The minimum absolute atomic E-state index is 0.00431. The van der Waals surface area contributed by atoms with Gasteiger partial charge in [-0.05, 0) is 67.8 Å². The number of sulfonamides is 1. The third-order valence-electron chi connectivity index (χ3n) is 5.43. The summed E-state index contributed by atoms with van der Waals surface area (Å²) in [6, 6.07) is 20.6. The van der Waals surface area contributed by atoms with Crippen LogP contribution in [0.5, 0.6) is 5.75 Å². The predicted octanol–water partition coefficient (Wildman–Crippen LogP) is 4.05. The summed E-state index contributed by atoms with van der Waals surface area (Å²) in [7, 11) is -2.65. The summed E-state index contributed by atoms with van der Waals surface area (Å²) in [6.07, 6.45) is 0.426. The molecule has 9 heteroatoms. The molecule has 190 valence electrons. The zero-order valence-electron chi connectivity index (χ0n) is 20.6. The number of esters is 1. The van der Waals surface area contributed by atoms with Gasteiger partial charge in [0.1, 0.15) is 10.6 Å². The molecule has 0 radical (unpaired) electrons. The van der Waals surface area contributed by atoms with Crippen LogP contribution in [0.1, 0.15) is 28.4 Å². The predicted molar refractivity (Wildman–Crippen MR) is 138 cm³/mol. The van der Waals surface area contributed by atoms with Crippen molar-refractivity contribution in [2.45, 2.75) is 25.2 Å². The molecule has 3 rings (SSSR count). The second-order valence-electron chi connectivity index (χ2n) is 8.07. The largest absolute Gasteiger partial charge is 0.495 e. The van der Waals surface area contributed by atoms with E-state index < -0.39 is 28.4 Å². The highest BCUT2D eigenvalue weighted by molar-refractivity contribution is 7.89. The van der Waals surface area contributed by atoms with E-state index in [2.05, 4.69) is 5.32 Å². The molecule has 0 bridgehead atoms. The van der Waals surface area contributed by atoms with E-state index in [1.807, 2.05) is 30.3 Å². The smallest absolute Gasteiger partial charge is 0.338 e. The molecule has 8 nitrogen and oxygen atoms in total. The Bertz CT molecular complexity index is 1290. The molecule has 0 spiro atoms. The van der Waals surface area contributed by atoms with Crippen LogP contribution < -0.4 is 10.1 Å². The molecule has 0 aliphatic heterocycles. The van der Waals surface area contributed by atoms with E-state index in [0.717, 1.165) is 15.4 Å². The highest BCUT2D eigenvalue weighted by Gasteiger charge is 2.29. The fourth-order valence-corrected chi connectivity index (χ4v) is 5.21. The van der Waals surface area contributed by atoms with Gasteiger partial charge in [-0.15, -0.1) is 0 Å². The number of nitrogens with zero attached hydrogens (tertiary/aromatic N) is 1. The first-order chi connectivity index (χ1) is 17.2. The Labute approximate surface area is 211 Å². The Morgan fingerprint density at radius 1 is 0.972 bits per heavy atom. The van der Waals surface area contributed by atoms with Crippen molar-refractivity contribution in [3.63, 3.8) is 0 Å². The molecule has 0 heterocycles. The van der Waals surface area contributed by atoms with Crippen LogP contribution >= 0.6 is 0 Å². The molecule has 0 aromatic heterocycles. The second-order valence-corrected chi connectivity index (χ2v) is 9.98. The van der Waals surface area contributed by atoms with Crippen molar-refractivity contribution >= 4 is 27.6 Å². The first-order valence-electron chi connectivity index (χ1n) is 11.5. The van der Waals surface area contributed by atoms with Gasteiger partial charge in [-0.25, -0.2) is 13.2 Å². The van der Waals surface area contributed by atoms with Gasteiger partial charge in [0.25, 0.3) is 0 Å². The normalized spacial score (nSPS) is 11.2. The highest BCUT2D eigenvalue weighted by atomic mass is 32.2. The number of aryl methyl sites for hydroxylation is 1. The quantitative estimate of drug-likeness (QED) is 0.391. The van der Waals surface area contributed by atoms with Gasteiger partial charge in [-0.2, -0.15) is 4.31 Å². The van der Waals surface area contributed by atoms with Crippen molar-refractivity contribution in [1.29, 1.82) is 0 Å². The van der Waals surface area contributed by atoms with E-state index in [1.165, 1.54) is 25.3 Å². The zero-order chi connectivity index (χ0) is 26.1. The molecule has 0 unspecified atom stereocenters. The van der Waals surface area contributed by atoms with E-state index in [-0.39, 0.29) is 23.8 Å². The number of nitrogens with one attached hydrogen (secondary N) is 1. The van der Waals surface area contributed by atoms with E-state index >= 15 is 0 Å². The third kappa shape index (κ3) is 6.93. The van der Waals surface area contributed by atoms with E-state index in [0.29, 0.717) is 17.7 Å². The van der Waals surface area contributed by atoms with E-state index in [9.17, 15) is 18.0 Å². The van der Waals surface area contributed by atoms with Gasteiger partial charge in [0.15, 0.2) is 0 Å². The summed E-state index contributed by atoms with van der Waals surface area (Å²) in [5, 5.41) is 2.70. The number of rotatable bonds is 11. The molecule has 0 aliphatic carbocycles. The lowest BCUT2D eigenvalue weighted by molar-refractivity contribution is -0.116. The number of hydrogen-bond acceptors (Lipinski definition) is 6. The fraction of sp³-hybridized carbons (Fsp3) is 0.259. The van der Waals surface area contributed by atoms with Crippen LogP contribution in [0.3, 0.4) is 0 Å². The number of carbonyl (C=O) groups is 2. The topological polar surface area (TPSA) is 102 Å². The van der Waals surface area contributed by atoms with Crippen molar-refractivity contribution in [1.82, 2.24) is 4.31 Å². The Morgan fingerprint density at radius 3 is 2.31 bits per heavy atom. The van der Waals surface area contributed by atoms with Crippen molar-refractivity contribution in [3.8, 4) is 5.75 Å². The maximum Gasteiger partial charge on any atom is 0.338 e. The van der Waals surface area contributed by atoms with Crippen LogP contribution in [0.2, 0.25) is 0 Å². The molecule has 0 fully saturated rings. The lowest BCUT2D eigenvalue weighted by Gasteiger charge is -2.23. The third-order valence-corrected chi connectivity index (χ3v) is 7.30. The second kappa shape index (κ2) is 12.3. The fourth-order valence-electron chi connectivity index (χ4n) is 3.57. The monoisotopic (exact) mass is 510 g/mol. The van der Waals surface area contributed by atoms with E-state index in [4.69, 9.17) is 9.47 Å². The van der Waals surface area contributed by atoms with Crippen LogP contribution in [0, 0.1) is 6.92 Å². The minimum atomic E-state index is -4.06. The number of anilines is 1. The first kappa shape index (κ1) is 26.9. The molecular formula is C27H30N2O6S. The van der Waals surface area contributed by atoms with Crippen LogP contribution in [0.15, 0.2) is 77.7 Å². The highest BCUT2D eigenvalue weighted by Crippen LogP contribution is 2.28. The van der Waals surface area contributed by atoms with Gasteiger partial charge in [0.2, 0.25) is 15.9 Å². The first-order valence-corrected chi connectivity index (χ1v) is 12.9. The number of hydrogen-bond donors (Lipinski definition) is 1. The molecule has 0 atom stereocenters. The number of carbonyl (C=O) groups excluding carboxylic acids is 2. The van der Waals surface area contributed by atoms with Gasteiger partial charge in [0, 0.05) is 12.2 Å². The standard InChI is InChI=1S/C27H30N2O6S/c1-4-35-27(31)22-11-13-23(14-12-22)28-26(30)19-29(17-16-21-8-6-5-7-9-21)36(32,33)25-18-20(2)10-15-24(25)34-3/h5-15,18H,4,16-17,19H2,1-3H3,(H,28,30). The molecule has 3 aromatic carbocycles. The van der Waals surface area contributed by atoms with Gasteiger partial charge in [0.05, 0.1) is 25.8 Å². The van der Waals surface area contributed by atoms with Crippen molar-refractivity contribution < 1.29 is 27.5 Å². The molecule has 0 saturated heterocycles. The average Bonchev–Trinajstić information content (AvgIpc) is 2.87. The van der Waals surface area contributed by atoms with Gasteiger partial charge in [-0.3, -0.25) is 4.79 Å². The molecule has 0 aliphatic rings. The van der Waals surface area contributed by atoms with Crippen molar-refractivity contribution in [2.24, 2.45) is 0 Å². The number of amides is 1. The van der Waals surface area contributed by atoms with Crippen molar-refractivity contribution in [3.05, 3.63) is 89.5 Å². The van der Waals surface area contributed by atoms with Crippen LogP contribution in [0.4, 0.5) is 5.69 Å². The van der Waals surface area contributed by atoms with Crippen LogP contribution in [0.25, 0.3) is 0 Å². The SMILES string of the molecule is CCOC(=O)c1ccc(NC(=O)CN(CCc2ccccc2)S(=O)(=O)c2cc(C)ccc2OC)cc1. The summed E-state index contributed by atoms with van der Waals surface area (Å²) in [4.78, 5) is 24.8. The maximum absolute atomic E-state index is 13.7. The number of methoxy groups -OCH3 is 1. The molecule has 1 N–H and O–H groups in total. The number of benzene rings is 3. The van der Waals surface area contributed by atoms with E-state index in [1.54, 1.807) is 38.1 Å². The van der Waals surface area contributed by atoms with Gasteiger partial charge >= 0.3 is 5.97 Å². The summed E-state index contributed by atoms with van der Waals surface area (Å²) in [6.45, 7) is 3.47. The molecule has 1 amide bonds. The maximum atomic E-state index is 13.7. The summed E-state index contributed by atoms with van der Waals surface area (Å²) >= 11 is 0. The van der Waals surface area contributed by atoms with Gasteiger partial charge < -0.3 is 14.8 Å². The summed E-state index contributed by atoms with van der Waals surface area (Å²) in [5.74, 6) is -0.761. The lowest BCUT2D eigenvalue weighted by atomic mass is 10.1.